The summed E-state index contributed by atoms with van der Waals surface area (Å²) in [6.07, 6.45) is 8.16. The Kier molecular flexibility index (Phi) is 8.34. The SMILES string of the molecule is Cc1nc(-c2cnn(C)c2)sc1C(=O)NC1CCCCC1CN.Cl.Cl. The van der Waals surface area contributed by atoms with Gasteiger partial charge in [-0.25, -0.2) is 4.98 Å². The summed E-state index contributed by atoms with van der Waals surface area (Å²) in [6.45, 7) is 2.51. The molecule has 0 bridgehead atoms. The lowest BCUT2D eigenvalue weighted by molar-refractivity contribution is 0.0911. The summed E-state index contributed by atoms with van der Waals surface area (Å²) >= 11 is 1.42. The number of nitrogens with two attached hydrogens (primary N) is 1. The monoisotopic (exact) mass is 405 g/mol. The number of halogens is 2. The number of carbonyl (C=O) groups is 1. The second-order valence-corrected chi connectivity index (χ2v) is 7.20. The van der Waals surface area contributed by atoms with E-state index in [-0.39, 0.29) is 36.8 Å². The molecule has 0 saturated heterocycles. The third-order valence-corrected chi connectivity index (χ3v) is 5.69. The molecule has 140 valence electrons. The molecule has 2 atom stereocenters. The lowest BCUT2D eigenvalue weighted by Crippen LogP contribution is -2.44. The largest absolute Gasteiger partial charge is 0.348 e. The Morgan fingerprint density at radius 1 is 1.40 bits per heavy atom. The first-order chi connectivity index (χ1) is 11.1. The number of nitrogens with zero attached hydrogens (tertiary/aromatic N) is 3. The molecule has 3 rings (SSSR count). The standard InChI is InChI=1S/C16H23N5OS.2ClH/c1-10-14(23-16(19-10)12-8-18-21(2)9-12)15(22)20-13-6-4-3-5-11(13)7-17;;/h8-9,11,13H,3-7,17H2,1-2H3,(H,20,22);2*1H. The molecule has 1 aliphatic carbocycles. The molecule has 0 spiro atoms. The van der Waals surface area contributed by atoms with Crippen molar-refractivity contribution in [3.05, 3.63) is 23.0 Å². The molecular weight excluding hydrogens is 381 g/mol. The van der Waals surface area contributed by atoms with Crippen molar-refractivity contribution < 1.29 is 4.79 Å². The fourth-order valence-electron chi connectivity index (χ4n) is 3.18. The van der Waals surface area contributed by atoms with Gasteiger partial charge in [0.15, 0.2) is 0 Å². The minimum Gasteiger partial charge on any atom is -0.348 e. The van der Waals surface area contributed by atoms with Crippen LogP contribution in [0.15, 0.2) is 12.4 Å². The van der Waals surface area contributed by atoms with Crippen molar-refractivity contribution in [2.24, 2.45) is 18.7 Å². The Hall–Kier alpha value is -1.15. The van der Waals surface area contributed by atoms with E-state index in [2.05, 4.69) is 15.4 Å². The zero-order valence-corrected chi connectivity index (χ0v) is 16.8. The van der Waals surface area contributed by atoms with Crippen LogP contribution in [-0.2, 0) is 7.05 Å². The van der Waals surface area contributed by atoms with Crippen LogP contribution in [0, 0.1) is 12.8 Å². The number of amides is 1. The van der Waals surface area contributed by atoms with Crippen molar-refractivity contribution in [3.63, 3.8) is 0 Å². The molecule has 2 heterocycles. The normalized spacial score (nSPS) is 19.6. The number of aromatic nitrogens is 3. The highest BCUT2D eigenvalue weighted by molar-refractivity contribution is 7.17. The Labute approximate surface area is 164 Å². The highest BCUT2D eigenvalue weighted by atomic mass is 35.5. The van der Waals surface area contributed by atoms with Gasteiger partial charge in [-0.2, -0.15) is 5.10 Å². The van der Waals surface area contributed by atoms with Crippen LogP contribution in [0.4, 0.5) is 0 Å². The fraction of sp³-hybridized carbons (Fsp3) is 0.562. The average molecular weight is 406 g/mol. The van der Waals surface area contributed by atoms with Gasteiger partial charge in [0, 0.05) is 24.8 Å². The molecule has 3 N–H and O–H groups in total. The van der Waals surface area contributed by atoms with Gasteiger partial charge in [0.1, 0.15) is 9.88 Å². The van der Waals surface area contributed by atoms with Gasteiger partial charge in [0.2, 0.25) is 0 Å². The molecule has 1 fully saturated rings. The topological polar surface area (TPSA) is 85.8 Å². The number of hydrogen-bond donors (Lipinski definition) is 2. The molecule has 2 aromatic rings. The maximum atomic E-state index is 12.6. The molecule has 1 saturated carbocycles. The van der Waals surface area contributed by atoms with E-state index in [1.165, 1.54) is 17.8 Å². The van der Waals surface area contributed by atoms with Crippen molar-refractivity contribution in [1.82, 2.24) is 20.1 Å². The van der Waals surface area contributed by atoms with E-state index in [0.29, 0.717) is 17.3 Å². The minimum absolute atomic E-state index is 0. The maximum Gasteiger partial charge on any atom is 0.263 e. The third-order valence-electron chi connectivity index (χ3n) is 4.48. The number of hydrogen-bond acceptors (Lipinski definition) is 5. The molecule has 0 radical (unpaired) electrons. The molecule has 0 aromatic carbocycles. The van der Waals surface area contributed by atoms with Crippen LogP contribution in [0.3, 0.4) is 0 Å². The van der Waals surface area contributed by atoms with Gasteiger partial charge in [0.25, 0.3) is 5.91 Å². The molecule has 25 heavy (non-hydrogen) atoms. The van der Waals surface area contributed by atoms with Crippen molar-refractivity contribution in [3.8, 4) is 10.6 Å². The molecule has 0 aliphatic heterocycles. The van der Waals surface area contributed by atoms with E-state index in [4.69, 9.17) is 5.73 Å². The van der Waals surface area contributed by atoms with E-state index in [0.717, 1.165) is 35.5 Å². The van der Waals surface area contributed by atoms with Crippen molar-refractivity contribution in [2.75, 3.05) is 6.54 Å². The second-order valence-electron chi connectivity index (χ2n) is 6.20. The molecule has 6 nitrogen and oxygen atoms in total. The van der Waals surface area contributed by atoms with Crippen LogP contribution in [0.25, 0.3) is 10.6 Å². The first-order valence-electron chi connectivity index (χ1n) is 8.06. The highest BCUT2D eigenvalue weighted by Gasteiger charge is 2.27. The highest BCUT2D eigenvalue weighted by Crippen LogP contribution is 2.29. The summed E-state index contributed by atoms with van der Waals surface area (Å²) in [4.78, 5) is 17.9. The fourth-order valence-corrected chi connectivity index (χ4v) is 4.12. The maximum absolute atomic E-state index is 12.6. The zero-order chi connectivity index (χ0) is 16.4. The van der Waals surface area contributed by atoms with Crippen LogP contribution < -0.4 is 11.1 Å². The smallest absolute Gasteiger partial charge is 0.263 e. The van der Waals surface area contributed by atoms with Crippen LogP contribution in [0.5, 0.6) is 0 Å². The second kappa shape index (κ2) is 9.52. The van der Waals surface area contributed by atoms with Gasteiger partial charge in [-0.1, -0.05) is 12.8 Å². The Balaban J connectivity index is 0.00000156. The number of nitrogens with one attached hydrogen (secondary N) is 1. The van der Waals surface area contributed by atoms with E-state index in [1.54, 1.807) is 10.9 Å². The Morgan fingerprint density at radius 2 is 2.12 bits per heavy atom. The summed E-state index contributed by atoms with van der Waals surface area (Å²) in [5, 5.41) is 8.17. The van der Waals surface area contributed by atoms with E-state index < -0.39 is 0 Å². The van der Waals surface area contributed by atoms with Crippen LogP contribution in [-0.4, -0.2) is 33.3 Å². The van der Waals surface area contributed by atoms with Crippen molar-refractivity contribution in [1.29, 1.82) is 0 Å². The van der Waals surface area contributed by atoms with Crippen LogP contribution in [0.1, 0.15) is 41.0 Å². The van der Waals surface area contributed by atoms with Crippen molar-refractivity contribution in [2.45, 2.75) is 38.6 Å². The molecule has 2 unspecified atom stereocenters. The van der Waals surface area contributed by atoms with Gasteiger partial charge >= 0.3 is 0 Å². The lowest BCUT2D eigenvalue weighted by Gasteiger charge is -2.31. The van der Waals surface area contributed by atoms with Gasteiger partial charge in [-0.3, -0.25) is 9.48 Å². The van der Waals surface area contributed by atoms with Gasteiger partial charge in [-0.15, -0.1) is 36.2 Å². The predicted octanol–water partition coefficient (Wildman–Crippen LogP) is 2.94. The first kappa shape index (κ1) is 21.9. The Bertz CT molecular complexity index is 703. The molecule has 1 amide bonds. The van der Waals surface area contributed by atoms with E-state index in [9.17, 15) is 4.79 Å². The number of aryl methyl sites for hydroxylation is 2. The first-order valence-corrected chi connectivity index (χ1v) is 8.87. The summed E-state index contributed by atoms with van der Waals surface area (Å²) in [6, 6.07) is 0.185. The molecule has 2 aromatic heterocycles. The summed E-state index contributed by atoms with van der Waals surface area (Å²) < 4.78 is 1.74. The summed E-state index contributed by atoms with van der Waals surface area (Å²) in [7, 11) is 1.87. The molecular formula is C16H25Cl2N5OS. The molecule has 9 heteroatoms. The minimum atomic E-state index is -0.0273. The van der Waals surface area contributed by atoms with Gasteiger partial charge < -0.3 is 11.1 Å². The molecule has 1 aliphatic rings. The zero-order valence-electron chi connectivity index (χ0n) is 14.4. The van der Waals surface area contributed by atoms with E-state index >= 15 is 0 Å². The average Bonchev–Trinajstić information content (AvgIpc) is 3.13. The lowest BCUT2D eigenvalue weighted by atomic mass is 9.84. The number of carbonyl (C=O) groups excluding carboxylic acids is 1. The summed E-state index contributed by atoms with van der Waals surface area (Å²) in [5.41, 5.74) is 7.56. The van der Waals surface area contributed by atoms with Crippen LogP contribution >= 0.6 is 36.2 Å². The number of rotatable bonds is 4. The van der Waals surface area contributed by atoms with Crippen molar-refractivity contribution >= 4 is 42.1 Å². The summed E-state index contributed by atoms with van der Waals surface area (Å²) in [5.74, 6) is 0.360. The van der Waals surface area contributed by atoms with E-state index in [1.807, 2.05) is 20.2 Å². The Morgan fingerprint density at radius 3 is 2.76 bits per heavy atom. The van der Waals surface area contributed by atoms with Gasteiger partial charge in [-0.05, 0) is 32.2 Å². The van der Waals surface area contributed by atoms with Crippen LogP contribution in [0.2, 0.25) is 0 Å². The number of thiazole rings is 1. The third kappa shape index (κ3) is 4.94. The quantitative estimate of drug-likeness (QED) is 0.818. The van der Waals surface area contributed by atoms with Gasteiger partial charge in [0.05, 0.1) is 11.9 Å². The predicted molar refractivity (Wildman–Crippen MR) is 106 cm³/mol.